The number of rotatable bonds is 7. The fourth-order valence-corrected chi connectivity index (χ4v) is 1.68. The lowest BCUT2D eigenvalue weighted by atomic mass is 10.1. The third-order valence-corrected chi connectivity index (χ3v) is 2.50. The van der Waals surface area contributed by atoms with Crippen molar-refractivity contribution >= 4 is 5.97 Å². The van der Waals surface area contributed by atoms with E-state index >= 15 is 0 Å². The van der Waals surface area contributed by atoms with E-state index in [1.807, 2.05) is 6.92 Å². The van der Waals surface area contributed by atoms with E-state index in [1.54, 1.807) is 0 Å². The first-order valence-corrected chi connectivity index (χ1v) is 5.59. The molecule has 0 aliphatic rings. The van der Waals surface area contributed by atoms with Gasteiger partial charge in [-0.25, -0.2) is 0 Å². The highest BCUT2D eigenvalue weighted by atomic mass is 16.5. The van der Waals surface area contributed by atoms with E-state index in [0.717, 1.165) is 19.4 Å². The molecule has 0 bridgehead atoms. The van der Waals surface area contributed by atoms with Gasteiger partial charge >= 0.3 is 5.97 Å². The van der Waals surface area contributed by atoms with Crippen LogP contribution in [0.5, 0.6) is 0 Å². The lowest BCUT2D eigenvalue weighted by molar-refractivity contribution is -0.145. The average molecular weight is 201 g/mol. The Bertz CT molecular complexity index is 155. The van der Waals surface area contributed by atoms with Crippen LogP contribution >= 0.6 is 0 Å². The van der Waals surface area contributed by atoms with Gasteiger partial charge in [0.15, 0.2) is 0 Å². The van der Waals surface area contributed by atoms with E-state index in [-0.39, 0.29) is 5.97 Å². The van der Waals surface area contributed by atoms with Crippen molar-refractivity contribution in [1.29, 1.82) is 0 Å². The van der Waals surface area contributed by atoms with Crippen molar-refractivity contribution in [2.75, 3.05) is 19.7 Å². The van der Waals surface area contributed by atoms with Gasteiger partial charge in [-0.15, -0.1) is 0 Å². The highest BCUT2D eigenvalue weighted by Gasteiger charge is 2.16. The molecule has 84 valence electrons. The maximum absolute atomic E-state index is 11.3. The zero-order valence-corrected chi connectivity index (χ0v) is 9.88. The molecule has 0 atom stereocenters. The molecule has 0 aromatic carbocycles. The molecule has 0 fully saturated rings. The summed E-state index contributed by atoms with van der Waals surface area (Å²) in [5, 5.41) is 0. The van der Waals surface area contributed by atoms with Crippen LogP contribution in [0.25, 0.3) is 0 Å². The smallest absolute Gasteiger partial charge is 0.320 e. The summed E-state index contributed by atoms with van der Waals surface area (Å²) < 4.78 is 4.93. The first-order chi connectivity index (χ1) is 6.69. The number of ether oxygens (including phenoxy) is 1. The first-order valence-electron chi connectivity index (χ1n) is 5.59. The van der Waals surface area contributed by atoms with Crippen LogP contribution in [-0.2, 0) is 9.53 Å². The fraction of sp³-hybridized carbons (Fsp3) is 0.909. The van der Waals surface area contributed by atoms with Gasteiger partial charge in [0.1, 0.15) is 0 Å². The Hall–Kier alpha value is -0.570. The normalized spacial score (nSPS) is 11.0. The van der Waals surface area contributed by atoms with Crippen LogP contribution < -0.4 is 0 Å². The van der Waals surface area contributed by atoms with Crippen LogP contribution in [0.1, 0.15) is 40.5 Å². The van der Waals surface area contributed by atoms with Gasteiger partial charge in [-0.1, -0.05) is 20.8 Å². The second-order valence-electron chi connectivity index (χ2n) is 3.34. The third-order valence-electron chi connectivity index (χ3n) is 2.50. The molecule has 0 aromatic heterocycles. The van der Waals surface area contributed by atoms with Gasteiger partial charge < -0.3 is 4.74 Å². The van der Waals surface area contributed by atoms with Crippen LogP contribution in [0.15, 0.2) is 0 Å². The molecule has 0 N–H and O–H groups in total. The number of likely N-dealkylation sites (N-methyl/N-ethyl adjacent to an activating group) is 1. The molecule has 0 saturated heterocycles. The molecule has 0 amide bonds. The van der Waals surface area contributed by atoms with Gasteiger partial charge in [0.2, 0.25) is 0 Å². The molecular formula is C11H23NO2. The molecule has 0 unspecified atom stereocenters. The van der Waals surface area contributed by atoms with Gasteiger partial charge in [-0.2, -0.15) is 0 Å². The Labute approximate surface area is 87.4 Å². The Kier molecular flexibility index (Phi) is 7.48. The first kappa shape index (κ1) is 13.4. The summed E-state index contributed by atoms with van der Waals surface area (Å²) in [6.07, 6.45) is 2.17. The van der Waals surface area contributed by atoms with Crippen molar-refractivity contribution in [3.8, 4) is 0 Å². The number of nitrogens with zero attached hydrogens (tertiary/aromatic N) is 1. The van der Waals surface area contributed by atoms with Crippen LogP contribution in [0.2, 0.25) is 0 Å². The van der Waals surface area contributed by atoms with Gasteiger partial charge in [0.25, 0.3) is 0 Å². The standard InChI is InChI=1S/C11H23NO2/c1-5-10(6-2)12(7-3)9-11(13)14-8-4/h10H,5-9H2,1-4H3. The fourth-order valence-electron chi connectivity index (χ4n) is 1.68. The van der Waals surface area contributed by atoms with E-state index in [9.17, 15) is 4.79 Å². The second kappa shape index (κ2) is 7.80. The van der Waals surface area contributed by atoms with Gasteiger partial charge in [0, 0.05) is 6.04 Å². The summed E-state index contributed by atoms with van der Waals surface area (Å²) in [6, 6.07) is 0.504. The molecule has 0 aliphatic heterocycles. The predicted octanol–water partition coefficient (Wildman–Crippen LogP) is 2.06. The van der Waals surface area contributed by atoms with Crippen molar-refractivity contribution in [2.45, 2.75) is 46.6 Å². The minimum Gasteiger partial charge on any atom is -0.465 e. The largest absolute Gasteiger partial charge is 0.465 e. The van der Waals surface area contributed by atoms with Crippen molar-refractivity contribution < 1.29 is 9.53 Å². The monoisotopic (exact) mass is 201 g/mol. The van der Waals surface area contributed by atoms with Crippen LogP contribution in [0.4, 0.5) is 0 Å². The highest BCUT2D eigenvalue weighted by Crippen LogP contribution is 2.07. The summed E-state index contributed by atoms with van der Waals surface area (Å²) in [6.45, 7) is 10.0. The Balaban J connectivity index is 4.05. The molecule has 3 heteroatoms. The summed E-state index contributed by atoms with van der Waals surface area (Å²) >= 11 is 0. The molecule has 14 heavy (non-hydrogen) atoms. The molecule has 0 radical (unpaired) electrons. The lowest BCUT2D eigenvalue weighted by Gasteiger charge is -2.27. The van der Waals surface area contributed by atoms with Crippen molar-refractivity contribution in [2.24, 2.45) is 0 Å². The maximum Gasteiger partial charge on any atom is 0.320 e. The molecule has 0 heterocycles. The quantitative estimate of drug-likeness (QED) is 0.590. The summed E-state index contributed by atoms with van der Waals surface area (Å²) in [4.78, 5) is 13.5. The minimum atomic E-state index is -0.110. The molecule has 0 rings (SSSR count). The molecule has 0 aromatic rings. The Morgan fingerprint density at radius 1 is 1.21 bits per heavy atom. The van der Waals surface area contributed by atoms with Crippen LogP contribution in [0.3, 0.4) is 0 Å². The van der Waals surface area contributed by atoms with E-state index in [4.69, 9.17) is 4.74 Å². The second-order valence-corrected chi connectivity index (χ2v) is 3.34. The van der Waals surface area contributed by atoms with E-state index in [1.165, 1.54) is 0 Å². The average Bonchev–Trinajstić information content (AvgIpc) is 2.18. The maximum atomic E-state index is 11.3. The van der Waals surface area contributed by atoms with Gasteiger partial charge in [-0.3, -0.25) is 9.69 Å². The van der Waals surface area contributed by atoms with Crippen LogP contribution in [-0.4, -0.2) is 36.6 Å². The van der Waals surface area contributed by atoms with Gasteiger partial charge in [-0.05, 0) is 26.3 Å². The summed E-state index contributed by atoms with van der Waals surface area (Å²) in [5.41, 5.74) is 0. The number of hydrogen-bond donors (Lipinski definition) is 0. The Morgan fingerprint density at radius 2 is 1.79 bits per heavy atom. The predicted molar refractivity (Wildman–Crippen MR) is 58.3 cm³/mol. The molecule has 0 saturated carbocycles. The number of hydrogen-bond acceptors (Lipinski definition) is 3. The SMILES string of the molecule is CCOC(=O)CN(CC)C(CC)CC. The zero-order chi connectivity index (χ0) is 11.0. The van der Waals surface area contributed by atoms with Crippen molar-refractivity contribution in [3.05, 3.63) is 0 Å². The molecule has 0 aliphatic carbocycles. The number of carbonyl (C=O) groups is 1. The van der Waals surface area contributed by atoms with E-state index in [2.05, 4.69) is 25.7 Å². The number of carbonyl (C=O) groups excluding carboxylic acids is 1. The third kappa shape index (κ3) is 4.61. The zero-order valence-electron chi connectivity index (χ0n) is 9.88. The van der Waals surface area contributed by atoms with Gasteiger partial charge in [0.05, 0.1) is 13.2 Å². The van der Waals surface area contributed by atoms with E-state index in [0.29, 0.717) is 19.2 Å². The number of esters is 1. The summed E-state index contributed by atoms with van der Waals surface area (Å²) in [5.74, 6) is -0.110. The molecule has 0 spiro atoms. The topological polar surface area (TPSA) is 29.5 Å². The molecular weight excluding hydrogens is 178 g/mol. The minimum absolute atomic E-state index is 0.110. The molecule has 3 nitrogen and oxygen atoms in total. The van der Waals surface area contributed by atoms with Crippen molar-refractivity contribution in [3.63, 3.8) is 0 Å². The Morgan fingerprint density at radius 3 is 2.14 bits per heavy atom. The van der Waals surface area contributed by atoms with Crippen LogP contribution in [0, 0.1) is 0 Å². The highest BCUT2D eigenvalue weighted by molar-refractivity contribution is 5.71. The van der Waals surface area contributed by atoms with E-state index < -0.39 is 0 Å². The van der Waals surface area contributed by atoms with Crippen molar-refractivity contribution in [1.82, 2.24) is 4.90 Å². The lowest BCUT2D eigenvalue weighted by Crippen LogP contribution is -2.38. The summed E-state index contributed by atoms with van der Waals surface area (Å²) in [7, 11) is 0.